The van der Waals surface area contributed by atoms with E-state index >= 15 is 0 Å². The van der Waals surface area contributed by atoms with Crippen LogP contribution in [0.25, 0.3) is 21.7 Å². The molecule has 0 aliphatic rings. The molecule has 2 N–H and O–H groups in total. The summed E-state index contributed by atoms with van der Waals surface area (Å²) in [5.41, 5.74) is 6.23. The van der Waals surface area contributed by atoms with Crippen LogP contribution in [0.4, 0.5) is 5.69 Å². The minimum absolute atomic E-state index is 0.160. The third kappa shape index (κ3) is 2.74. The molecule has 1 unspecified atom stereocenters. The topological polar surface area (TPSA) is 27.8 Å². The molecule has 0 aliphatic carbocycles. The van der Waals surface area contributed by atoms with E-state index in [-0.39, 0.29) is 5.92 Å². The van der Waals surface area contributed by atoms with Gasteiger partial charge in [-0.1, -0.05) is 72.8 Å². The number of fused-ring (bicyclic) bond motifs is 2. The van der Waals surface area contributed by atoms with Gasteiger partial charge in [0, 0.05) is 35.8 Å². The highest BCUT2D eigenvalue weighted by molar-refractivity contribution is 5.90. The highest BCUT2D eigenvalue weighted by Gasteiger charge is 2.22. The predicted octanol–water partition coefficient (Wildman–Crippen LogP) is 6.54. The third-order valence-electron chi connectivity index (χ3n) is 5.60. The van der Waals surface area contributed by atoms with Gasteiger partial charge in [-0.25, -0.2) is 0 Å². The lowest BCUT2D eigenvalue weighted by molar-refractivity contribution is 1.000. The first-order valence-electron chi connectivity index (χ1n) is 9.66. The molecule has 0 spiro atoms. The van der Waals surface area contributed by atoms with E-state index in [1.807, 2.05) is 7.05 Å². The number of anilines is 1. The third-order valence-corrected chi connectivity index (χ3v) is 5.60. The first-order valence-corrected chi connectivity index (χ1v) is 9.66. The van der Waals surface area contributed by atoms with Crippen LogP contribution in [0, 0.1) is 0 Å². The molecule has 0 aliphatic heterocycles. The average molecular weight is 362 g/mol. The van der Waals surface area contributed by atoms with Crippen LogP contribution in [0.5, 0.6) is 0 Å². The van der Waals surface area contributed by atoms with Crippen molar-refractivity contribution in [3.8, 4) is 0 Å². The molecule has 1 heterocycles. The van der Waals surface area contributed by atoms with Gasteiger partial charge in [0.25, 0.3) is 0 Å². The maximum absolute atomic E-state index is 3.47. The van der Waals surface area contributed by atoms with Gasteiger partial charge in [-0.2, -0.15) is 0 Å². The lowest BCUT2D eigenvalue weighted by Crippen LogP contribution is -2.04. The molecule has 0 fully saturated rings. The summed E-state index contributed by atoms with van der Waals surface area (Å²) in [7, 11) is 1.96. The Bertz CT molecular complexity index is 1240. The van der Waals surface area contributed by atoms with Gasteiger partial charge in [0.15, 0.2) is 0 Å². The number of H-pyrrole nitrogens is 1. The Kier molecular flexibility index (Phi) is 4.10. The van der Waals surface area contributed by atoms with Crippen molar-refractivity contribution >= 4 is 27.4 Å². The van der Waals surface area contributed by atoms with E-state index in [0.29, 0.717) is 0 Å². The lowest BCUT2D eigenvalue weighted by Gasteiger charge is -2.20. The Morgan fingerprint density at radius 2 is 1.39 bits per heavy atom. The number of aromatic amines is 1. The summed E-state index contributed by atoms with van der Waals surface area (Å²) in [4.78, 5) is 3.47. The molecular formula is C26H22N2. The van der Waals surface area contributed by atoms with Crippen LogP contribution in [0.15, 0.2) is 97.2 Å². The Morgan fingerprint density at radius 3 is 2.21 bits per heavy atom. The molecule has 0 radical (unpaired) electrons. The number of benzene rings is 4. The van der Waals surface area contributed by atoms with E-state index in [9.17, 15) is 0 Å². The Labute approximate surface area is 164 Å². The van der Waals surface area contributed by atoms with E-state index in [1.54, 1.807) is 0 Å². The van der Waals surface area contributed by atoms with Gasteiger partial charge in [0.1, 0.15) is 0 Å². The number of hydrogen-bond donors (Lipinski definition) is 2. The molecule has 136 valence electrons. The molecule has 0 amide bonds. The molecule has 0 bridgehead atoms. The Hall–Kier alpha value is -3.52. The molecule has 1 atom stereocenters. The number of para-hydroxylation sites is 1. The number of rotatable bonds is 4. The van der Waals surface area contributed by atoms with Gasteiger partial charge in [-0.05, 0) is 45.7 Å². The molecule has 5 aromatic rings. The van der Waals surface area contributed by atoms with Crippen LogP contribution in [0.1, 0.15) is 22.6 Å². The molecular weight excluding hydrogens is 340 g/mol. The summed E-state index contributed by atoms with van der Waals surface area (Å²) in [5.74, 6) is 0.160. The maximum Gasteiger partial charge on any atom is 0.0457 e. The predicted molar refractivity (Wildman–Crippen MR) is 119 cm³/mol. The molecule has 2 heteroatoms. The Morgan fingerprint density at radius 1 is 0.679 bits per heavy atom. The number of nitrogens with one attached hydrogen (secondary N) is 2. The molecule has 4 aromatic carbocycles. The van der Waals surface area contributed by atoms with Gasteiger partial charge in [0.2, 0.25) is 0 Å². The molecule has 28 heavy (non-hydrogen) atoms. The van der Waals surface area contributed by atoms with Crippen molar-refractivity contribution in [1.82, 2.24) is 4.98 Å². The minimum atomic E-state index is 0.160. The van der Waals surface area contributed by atoms with Crippen LogP contribution in [0.2, 0.25) is 0 Å². The van der Waals surface area contributed by atoms with E-state index in [1.165, 1.54) is 38.4 Å². The molecule has 0 saturated carbocycles. The van der Waals surface area contributed by atoms with Crippen molar-refractivity contribution in [2.24, 2.45) is 0 Å². The van der Waals surface area contributed by atoms with E-state index in [4.69, 9.17) is 0 Å². The maximum atomic E-state index is 3.47. The standard InChI is InChI=1S/C26H22N2/c1-27-20-15-13-19(14-16-20)26(24-17-28-25-12-5-4-10-22(24)25)23-11-6-8-18-7-2-3-9-21(18)23/h2-17,26-28H,1H3. The van der Waals surface area contributed by atoms with Crippen molar-refractivity contribution in [2.45, 2.75) is 5.92 Å². The van der Waals surface area contributed by atoms with E-state index < -0.39 is 0 Å². The second-order valence-electron chi connectivity index (χ2n) is 7.16. The van der Waals surface area contributed by atoms with Crippen LogP contribution in [-0.2, 0) is 0 Å². The zero-order valence-electron chi connectivity index (χ0n) is 15.8. The normalized spacial score (nSPS) is 12.3. The largest absolute Gasteiger partial charge is 0.388 e. The van der Waals surface area contributed by atoms with Crippen molar-refractivity contribution < 1.29 is 0 Å². The molecule has 2 nitrogen and oxygen atoms in total. The molecule has 5 rings (SSSR count). The van der Waals surface area contributed by atoms with Crippen molar-refractivity contribution in [2.75, 3.05) is 12.4 Å². The van der Waals surface area contributed by atoms with E-state index in [0.717, 1.165) is 5.69 Å². The summed E-state index contributed by atoms with van der Waals surface area (Å²) < 4.78 is 0. The average Bonchev–Trinajstić information content (AvgIpc) is 3.19. The van der Waals surface area contributed by atoms with Crippen LogP contribution in [0.3, 0.4) is 0 Å². The van der Waals surface area contributed by atoms with Crippen LogP contribution >= 0.6 is 0 Å². The first-order chi connectivity index (χ1) is 13.8. The second kappa shape index (κ2) is 6.90. The summed E-state index contributed by atoms with van der Waals surface area (Å²) in [5, 5.41) is 7.08. The molecule has 1 aromatic heterocycles. The number of hydrogen-bond acceptors (Lipinski definition) is 1. The summed E-state index contributed by atoms with van der Waals surface area (Å²) in [6.07, 6.45) is 2.17. The zero-order chi connectivity index (χ0) is 18.9. The highest BCUT2D eigenvalue weighted by Crippen LogP contribution is 2.39. The van der Waals surface area contributed by atoms with Crippen molar-refractivity contribution in [3.05, 3.63) is 114 Å². The summed E-state index contributed by atoms with van der Waals surface area (Å²) >= 11 is 0. The summed E-state index contributed by atoms with van der Waals surface area (Å²) in [6, 6.07) is 32.6. The SMILES string of the molecule is CNc1ccc(C(c2cccc3ccccc23)c2c[nH]c3ccccc23)cc1. The van der Waals surface area contributed by atoms with E-state index in [2.05, 4.69) is 107 Å². The van der Waals surface area contributed by atoms with Crippen molar-refractivity contribution in [1.29, 1.82) is 0 Å². The van der Waals surface area contributed by atoms with Gasteiger partial charge >= 0.3 is 0 Å². The van der Waals surface area contributed by atoms with Gasteiger partial charge < -0.3 is 10.3 Å². The van der Waals surface area contributed by atoms with Crippen molar-refractivity contribution in [3.63, 3.8) is 0 Å². The van der Waals surface area contributed by atoms with Crippen LogP contribution in [-0.4, -0.2) is 12.0 Å². The van der Waals surface area contributed by atoms with Gasteiger partial charge in [-0.15, -0.1) is 0 Å². The smallest absolute Gasteiger partial charge is 0.0457 e. The zero-order valence-corrected chi connectivity index (χ0v) is 15.8. The minimum Gasteiger partial charge on any atom is -0.388 e. The lowest BCUT2D eigenvalue weighted by atomic mass is 9.82. The van der Waals surface area contributed by atoms with Crippen LogP contribution < -0.4 is 5.32 Å². The fourth-order valence-corrected chi connectivity index (χ4v) is 4.20. The quantitative estimate of drug-likeness (QED) is 0.373. The Balaban J connectivity index is 1.79. The number of aromatic nitrogens is 1. The van der Waals surface area contributed by atoms with Gasteiger partial charge in [-0.3, -0.25) is 0 Å². The summed E-state index contributed by atoms with van der Waals surface area (Å²) in [6.45, 7) is 0. The second-order valence-corrected chi connectivity index (χ2v) is 7.16. The fraction of sp³-hybridized carbons (Fsp3) is 0.0769. The first kappa shape index (κ1) is 16.6. The molecule has 0 saturated heterocycles. The monoisotopic (exact) mass is 362 g/mol. The van der Waals surface area contributed by atoms with Gasteiger partial charge in [0.05, 0.1) is 0 Å². The highest BCUT2D eigenvalue weighted by atomic mass is 14.8. The fourth-order valence-electron chi connectivity index (χ4n) is 4.20.